The third kappa shape index (κ3) is 3.21. The Morgan fingerprint density at radius 2 is 1.89 bits per heavy atom. The predicted octanol–water partition coefficient (Wildman–Crippen LogP) is 3.37. The Labute approximate surface area is 106 Å². The predicted molar refractivity (Wildman–Crippen MR) is 56.7 cm³/mol. The Morgan fingerprint density at radius 3 is 2.37 bits per heavy atom. The van der Waals surface area contributed by atoms with Gasteiger partial charge < -0.3 is 4.74 Å². The van der Waals surface area contributed by atoms with E-state index >= 15 is 0 Å². The van der Waals surface area contributed by atoms with Crippen LogP contribution in [0.2, 0.25) is 0 Å². The summed E-state index contributed by atoms with van der Waals surface area (Å²) < 4.78 is 70.4. The molecule has 0 N–H and O–H groups in total. The van der Waals surface area contributed by atoms with Gasteiger partial charge in [-0.15, -0.1) is 0 Å². The second-order valence-corrected chi connectivity index (χ2v) is 3.68. The minimum absolute atomic E-state index is 0.387. The Bertz CT molecular complexity index is 448. The zero-order valence-corrected chi connectivity index (χ0v) is 9.88. The zero-order valence-electron chi connectivity index (χ0n) is 9.88. The Hall–Kier alpha value is -1.66. The first-order valence-electron chi connectivity index (χ1n) is 5.40. The standard InChI is InChI=1S/C12H11F5O2/c1-2-19-11(18)12(16,17)9(10(14)15)7-5-3-4-6-8(7)13/h3-6,9-10H,2H2,1H3. The van der Waals surface area contributed by atoms with Crippen molar-refractivity contribution in [2.45, 2.75) is 25.2 Å². The second kappa shape index (κ2) is 5.99. The molecule has 1 unspecified atom stereocenters. The van der Waals surface area contributed by atoms with E-state index in [0.717, 1.165) is 18.2 Å². The third-order valence-corrected chi connectivity index (χ3v) is 2.43. The number of carbonyl (C=O) groups is 1. The van der Waals surface area contributed by atoms with Crippen LogP contribution in [0.1, 0.15) is 18.4 Å². The summed E-state index contributed by atoms with van der Waals surface area (Å²) in [6.07, 6.45) is -3.61. The van der Waals surface area contributed by atoms with E-state index in [1.54, 1.807) is 0 Å². The maximum atomic E-state index is 13.7. The molecule has 0 aliphatic heterocycles. The normalized spacial score (nSPS) is 13.4. The summed E-state index contributed by atoms with van der Waals surface area (Å²) in [5.74, 6) is -10.7. The van der Waals surface area contributed by atoms with Crippen LogP contribution in [0.15, 0.2) is 24.3 Å². The van der Waals surface area contributed by atoms with Crippen LogP contribution in [-0.2, 0) is 9.53 Å². The van der Waals surface area contributed by atoms with Crippen LogP contribution in [0.4, 0.5) is 22.0 Å². The van der Waals surface area contributed by atoms with Crippen LogP contribution >= 0.6 is 0 Å². The molecule has 0 radical (unpaired) electrons. The van der Waals surface area contributed by atoms with E-state index in [1.807, 2.05) is 0 Å². The Morgan fingerprint density at radius 1 is 1.32 bits per heavy atom. The van der Waals surface area contributed by atoms with Crippen LogP contribution in [0, 0.1) is 5.82 Å². The number of ether oxygens (including phenoxy) is 1. The molecule has 1 aromatic rings. The van der Waals surface area contributed by atoms with Gasteiger partial charge in [0.25, 0.3) is 6.43 Å². The summed E-state index contributed by atoms with van der Waals surface area (Å²) in [5.41, 5.74) is -0.921. The molecule has 0 aliphatic rings. The van der Waals surface area contributed by atoms with Gasteiger partial charge in [-0.1, -0.05) is 18.2 Å². The third-order valence-electron chi connectivity index (χ3n) is 2.43. The molecule has 1 aromatic carbocycles. The molecule has 0 heterocycles. The van der Waals surface area contributed by atoms with Crippen LogP contribution < -0.4 is 0 Å². The molecule has 0 bridgehead atoms. The molecule has 0 saturated heterocycles. The largest absolute Gasteiger partial charge is 0.462 e. The number of hydrogen-bond donors (Lipinski definition) is 0. The summed E-state index contributed by atoms with van der Waals surface area (Å²) >= 11 is 0. The fourth-order valence-corrected chi connectivity index (χ4v) is 1.57. The van der Waals surface area contributed by atoms with Gasteiger partial charge in [0.15, 0.2) is 0 Å². The molecule has 1 rings (SSSR count). The number of halogens is 5. The number of benzene rings is 1. The van der Waals surface area contributed by atoms with E-state index in [9.17, 15) is 26.7 Å². The fraction of sp³-hybridized carbons (Fsp3) is 0.417. The van der Waals surface area contributed by atoms with Gasteiger partial charge in [-0.05, 0) is 13.0 Å². The minimum Gasteiger partial charge on any atom is -0.462 e. The molecule has 0 fully saturated rings. The molecule has 19 heavy (non-hydrogen) atoms. The van der Waals surface area contributed by atoms with Crippen molar-refractivity contribution in [2.24, 2.45) is 0 Å². The van der Waals surface area contributed by atoms with Crippen LogP contribution in [0.25, 0.3) is 0 Å². The summed E-state index contributed by atoms with van der Waals surface area (Å²) in [6, 6.07) is 3.87. The first-order valence-corrected chi connectivity index (χ1v) is 5.40. The highest BCUT2D eigenvalue weighted by Crippen LogP contribution is 2.40. The highest BCUT2D eigenvalue weighted by molar-refractivity contribution is 5.79. The van der Waals surface area contributed by atoms with Gasteiger partial charge in [-0.25, -0.2) is 18.0 Å². The molecule has 106 valence electrons. The second-order valence-electron chi connectivity index (χ2n) is 3.68. The van der Waals surface area contributed by atoms with Crippen molar-refractivity contribution in [2.75, 3.05) is 6.61 Å². The van der Waals surface area contributed by atoms with Gasteiger partial charge in [0.2, 0.25) is 0 Å². The van der Waals surface area contributed by atoms with E-state index in [4.69, 9.17) is 0 Å². The number of alkyl halides is 4. The van der Waals surface area contributed by atoms with E-state index in [0.29, 0.717) is 0 Å². The van der Waals surface area contributed by atoms with Crippen LogP contribution in [-0.4, -0.2) is 24.9 Å². The highest BCUT2D eigenvalue weighted by atomic mass is 19.3. The fourth-order valence-electron chi connectivity index (χ4n) is 1.57. The number of esters is 1. The van der Waals surface area contributed by atoms with Gasteiger partial charge >= 0.3 is 11.9 Å². The van der Waals surface area contributed by atoms with Gasteiger partial charge in [0, 0.05) is 5.56 Å². The first kappa shape index (κ1) is 15.4. The summed E-state index contributed by atoms with van der Waals surface area (Å²) in [5, 5.41) is 0. The average molecular weight is 282 g/mol. The Balaban J connectivity index is 3.22. The average Bonchev–Trinajstić information content (AvgIpc) is 2.31. The molecule has 0 saturated carbocycles. The molecule has 1 atom stereocenters. The van der Waals surface area contributed by atoms with Crippen molar-refractivity contribution in [3.63, 3.8) is 0 Å². The van der Waals surface area contributed by atoms with Crippen molar-refractivity contribution < 1.29 is 31.5 Å². The van der Waals surface area contributed by atoms with Crippen LogP contribution in [0.5, 0.6) is 0 Å². The lowest BCUT2D eigenvalue weighted by molar-refractivity contribution is -0.181. The smallest absolute Gasteiger partial charge is 0.377 e. The molecule has 2 nitrogen and oxygen atoms in total. The lowest BCUT2D eigenvalue weighted by Crippen LogP contribution is -2.41. The molecule has 0 aromatic heterocycles. The Kier molecular flexibility index (Phi) is 4.85. The topological polar surface area (TPSA) is 26.3 Å². The van der Waals surface area contributed by atoms with E-state index in [2.05, 4.69) is 4.74 Å². The molecular formula is C12H11F5O2. The van der Waals surface area contributed by atoms with Crippen molar-refractivity contribution in [3.05, 3.63) is 35.6 Å². The summed E-state index contributed by atoms with van der Waals surface area (Å²) in [4.78, 5) is 11.1. The van der Waals surface area contributed by atoms with Gasteiger partial charge in [0.1, 0.15) is 11.7 Å². The zero-order chi connectivity index (χ0) is 14.6. The van der Waals surface area contributed by atoms with Crippen molar-refractivity contribution in [3.8, 4) is 0 Å². The minimum atomic E-state index is -4.51. The highest BCUT2D eigenvalue weighted by Gasteiger charge is 2.54. The van der Waals surface area contributed by atoms with Crippen molar-refractivity contribution >= 4 is 5.97 Å². The molecule has 0 amide bonds. The SMILES string of the molecule is CCOC(=O)C(F)(F)C(c1ccccc1F)C(F)F. The quantitative estimate of drug-likeness (QED) is 0.611. The van der Waals surface area contributed by atoms with Crippen molar-refractivity contribution in [1.29, 1.82) is 0 Å². The summed E-state index contributed by atoms with van der Waals surface area (Å²) in [6.45, 7) is 0.871. The van der Waals surface area contributed by atoms with Crippen LogP contribution in [0.3, 0.4) is 0 Å². The maximum absolute atomic E-state index is 13.7. The van der Waals surface area contributed by atoms with Gasteiger partial charge in [-0.2, -0.15) is 8.78 Å². The molecular weight excluding hydrogens is 271 g/mol. The summed E-state index contributed by atoms with van der Waals surface area (Å²) in [7, 11) is 0. The van der Waals surface area contributed by atoms with E-state index in [-0.39, 0.29) is 6.61 Å². The first-order chi connectivity index (χ1) is 8.82. The molecule has 0 spiro atoms. The number of rotatable bonds is 5. The maximum Gasteiger partial charge on any atom is 0.377 e. The lowest BCUT2D eigenvalue weighted by Gasteiger charge is -2.25. The van der Waals surface area contributed by atoms with Gasteiger partial charge in [-0.3, -0.25) is 0 Å². The van der Waals surface area contributed by atoms with E-state index < -0.39 is 35.6 Å². The van der Waals surface area contributed by atoms with Crippen molar-refractivity contribution in [1.82, 2.24) is 0 Å². The lowest BCUT2D eigenvalue weighted by atomic mass is 9.92. The molecule has 7 heteroatoms. The van der Waals surface area contributed by atoms with E-state index in [1.165, 1.54) is 13.0 Å². The molecule has 0 aliphatic carbocycles. The number of hydrogen-bond acceptors (Lipinski definition) is 2. The number of carbonyl (C=O) groups excluding carboxylic acids is 1. The monoisotopic (exact) mass is 282 g/mol. The van der Waals surface area contributed by atoms with Gasteiger partial charge in [0.05, 0.1) is 6.61 Å².